The van der Waals surface area contributed by atoms with Crippen LogP contribution in [-0.4, -0.2) is 0 Å². The summed E-state index contributed by atoms with van der Waals surface area (Å²) >= 11 is 3.56. The Bertz CT molecular complexity index is 725. The topological polar surface area (TPSA) is 12.0 Å². The van der Waals surface area contributed by atoms with Gasteiger partial charge in [0.25, 0.3) is 0 Å². The molecule has 0 aromatic heterocycles. The fourth-order valence-corrected chi connectivity index (χ4v) is 3.97. The number of benzene rings is 2. The predicted molar refractivity (Wildman–Crippen MR) is 86.9 cm³/mol. The Morgan fingerprint density at radius 2 is 2.05 bits per heavy atom. The monoisotopic (exact) mass is 343 g/mol. The fraction of sp³-hybridized carbons (Fsp3) is 0.222. The maximum atomic E-state index is 13.6. The van der Waals surface area contributed by atoms with Crippen LogP contribution in [-0.2, 0) is 0 Å². The quantitative estimate of drug-likeness (QED) is 0.682. The third-order valence-corrected chi connectivity index (χ3v) is 5.03. The SMILES string of the molecule is Fc1cccc(C2Nc3ccc(Br)cc3C3C=CCC32)c1. The number of nitrogens with one attached hydrogen (secondary N) is 1. The van der Waals surface area contributed by atoms with E-state index in [2.05, 4.69) is 45.5 Å². The van der Waals surface area contributed by atoms with Crippen LogP contribution in [0.4, 0.5) is 10.1 Å². The summed E-state index contributed by atoms with van der Waals surface area (Å²) in [5.74, 6) is 0.694. The summed E-state index contributed by atoms with van der Waals surface area (Å²) in [5.41, 5.74) is 3.51. The van der Waals surface area contributed by atoms with Crippen LogP contribution in [0.3, 0.4) is 0 Å². The van der Waals surface area contributed by atoms with Crippen LogP contribution < -0.4 is 5.32 Å². The summed E-state index contributed by atoms with van der Waals surface area (Å²) in [6, 6.07) is 13.5. The molecule has 2 aliphatic rings. The molecule has 0 saturated carbocycles. The van der Waals surface area contributed by atoms with Gasteiger partial charge in [-0.3, -0.25) is 0 Å². The van der Waals surface area contributed by atoms with Crippen LogP contribution in [0, 0.1) is 11.7 Å². The number of hydrogen-bond donors (Lipinski definition) is 1. The molecule has 3 atom stereocenters. The number of anilines is 1. The van der Waals surface area contributed by atoms with Crippen molar-refractivity contribution >= 4 is 21.6 Å². The Labute approximate surface area is 132 Å². The maximum absolute atomic E-state index is 13.6. The summed E-state index contributed by atoms with van der Waals surface area (Å²) < 4.78 is 14.7. The van der Waals surface area contributed by atoms with Crippen LogP contribution in [0.15, 0.2) is 59.1 Å². The molecule has 0 saturated heterocycles. The van der Waals surface area contributed by atoms with Crippen molar-refractivity contribution in [1.82, 2.24) is 0 Å². The van der Waals surface area contributed by atoms with E-state index in [0.29, 0.717) is 11.8 Å². The highest BCUT2D eigenvalue weighted by Crippen LogP contribution is 2.50. The first kappa shape index (κ1) is 13.1. The third-order valence-electron chi connectivity index (χ3n) is 4.53. The Hall–Kier alpha value is -1.61. The molecule has 21 heavy (non-hydrogen) atoms. The first-order valence-corrected chi connectivity index (χ1v) is 8.00. The highest BCUT2D eigenvalue weighted by atomic mass is 79.9. The Kier molecular flexibility index (Phi) is 3.11. The standard InChI is InChI=1S/C18H15BrFN/c19-12-7-8-17-16(10-12)14-5-2-6-15(14)18(21-17)11-3-1-4-13(20)9-11/h1-5,7-10,14-15,18,21H,6H2. The lowest BCUT2D eigenvalue weighted by molar-refractivity contribution is 0.424. The molecule has 0 fully saturated rings. The van der Waals surface area contributed by atoms with Gasteiger partial charge in [0, 0.05) is 16.1 Å². The molecule has 1 nitrogen and oxygen atoms in total. The van der Waals surface area contributed by atoms with E-state index >= 15 is 0 Å². The molecule has 0 amide bonds. The van der Waals surface area contributed by atoms with Crippen molar-refractivity contribution in [3.8, 4) is 0 Å². The molecule has 0 radical (unpaired) electrons. The van der Waals surface area contributed by atoms with E-state index in [1.165, 1.54) is 11.6 Å². The van der Waals surface area contributed by atoms with Gasteiger partial charge in [-0.05, 0) is 53.8 Å². The second kappa shape index (κ2) is 4.99. The Balaban J connectivity index is 1.80. The zero-order valence-corrected chi connectivity index (χ0v) is 13.0. The lowest BCUT2D eigenvalue weighted by Crippen LogP contribution is -2.29. The summed E-state index contributed by atoms with van der Waals surface area (Å²) in [5, 5.41) is 3.61. The smallest absolute Gasteiger partial charge is 0.123 e. The molecule has 0 spiro atoms. The lowest BCUT2D eigenvalue weighted by atomic mass is 9.77. The molecule has 2 aromatic carbocycles. The van der Waals surface area contributed by atoms with Gasteiger partial charge in [0.05, 0.1) is 6.04 Å². The molecule has 4 rings (SSSR count). The summed E-state index contributed by atoms with van der Waals surface area (Å²) in [6.07, 6.45) is 5.58. The maximum Gasteiger partial charge on any atom is 0.123 e. The van der Waals surface area contributed by atoms with Crippen molar-refractivity contribution in [1.29, 1.82) is 0 Å². The van der Waals surface area contributed by atoms with Gasteiger partial charge in [0.1, 0.15) is 5.82 Å². The lowest BCUT2D eigenvalue weighted by Gasteiger charge is -2.37. The van der Waals surface area contributed by atoms with Gasteiger partial charge in [0.2, 0.25) is 0 Å². The molecular formula is C18H15BrFN. The first-order valence-electron chi connectivity index (χ1n) is 7.20. The average Bonchev–Trinajstić information content (AvgIpc) is 2.96. The fourth-order valence-electron chi connectivity index (χ4n) is 3.60. The number of allylic oxidation sites excluding steroid dienone is 2. The van der Waals surface area contributed by atoms with Gasteiger partial charge in [-0.15, -0.1) is 0 Å². The zero-order valence-electron chi connectivity index (χ0n) is 11.4. The molecule has 0 bridgehead atoms. The summed E-state index contributed by atoms with van der Waals surface area (Å²) in [4.78, 5) is 0. The van der Waals surface area contributed by atoms with Crippen molar-refractivity contribution in [3.05, 3.63) is 76.0 Å². The van der Waals surface area contributed by atoms with Crippen molar-refractivity contribution in [2.45, 2.75) is 18.4 Å². The van der Waals surface area contributed by atoms with E-state index in [1.54, 1.807) is 12.1 Å². The second-order valence-corrected chi connectivity index (χ2v) is 6.68. The number of fused-ring (bicyclic) bond motifs is 3. The van der Waals surface area contributed by atoms with Crippen molar-refractivity contribution in [2.75, 3.05) is 5.32 Å². The van der Waals surface area contributed by atoms with E-state index in [1.807, 2.05) is 12.1 Å². The molecule has 2 aromatic rings. The summed E-state index contributed by atoms with van der Waals surface area (Å²) in [7, 11) is 0. The van der Waals surface area contributed by atoms with E-state index < -0.39 is 0 Å². The largest absolute Gasteiger partial charge is 0.378 e. The predicted octanol–water partition coefficient (Wildman–Crippen LogP) is 5.41. The second-order valence-electron chi connectivity index (χ2n) is 5.76. The van der Waals surface area contributed by atoms with Crippen LogP contribution in [0.2, 0.25) is 0 Å². The van der Waals surface area contributed by atoms with Crippen molar-refractivity contribution in [3.63, 3.8) is 0 Å². The van der Waals surface area contributed by atoms with Crippen LogP contribution in [0.5, 0.6) is 0 Å². The highest BCUT2D eigenvalue weighted by Gasteiger charge is 2.37. The molecule has 1 heterocycles. The van der Waals surface area contributed by atoms with Crippen LogP contribution in [0.1, 0.15) is 29.5 Å². The van der Waals surface area contributed by atoms with Gasteiger partial charge in [-0.1, -0.05) is 40.2 Å². The molecule has 1 N–H and O–H groups in total. The van der Waals surface area contributed by atoms with Gasteiger partial charge >= 0.3 is 0 Å². The zero-order chi connectivity index (χ0) is 14.4. The van der Waals surface area contributed by atoms with Crippen molar-refractivity contribution < 1.29 is 4.39 Å². The van der Waals surface area contributed by atoms with Crippen LogP contribution in [0.25, 0.3) is 0 Å². The van der Waals surface area contributed by atoms with Gasteiger partial charge in [-0.2, -0.15) is 0 Å². The van der Waals surface area contributed by atoms with E-state index in [4.69, 9.17) is 0 Å². The average molecular weight is 344 g/mol. The van der Waals surface area contributed by atoms with E-state index in [9.17, 15) is 4.39 Å². The molecule has 3 unspecified atom stereocenters. The van der Waals surface area contributed by atoms with Gasteiger partial charge < -0.3 is 5.32 Å². The van der Waals surface area contributed by atoms with Gasteiger partial charge in [-0.25, -0.2) is 4.39 Å². The molecular weight excluding hydrogens is 329 g/mol. The summed E-state index contributed by atoms with van der Waals surface area (Å²) in [6.45, 7) is 0. The minimum Gasteiger partial charge on any atom is -0.378 e. The van der Waals surface area contributed by atoms with E-state index in [-0.39, 0.29) is 11.9 Å². The Morgan fingerprint density at radius 3 is 2.90 bits per heavy atom. The minimum absolute atomic E-state index is 0.161. The normalized spacial score (nSPS) is 26.1. The third kappa shape index (κ3) is 2.20. The van der Waals surface area contributed by atoms with E-state index in [0.717, 1.165) is 22.1 Å². The number of rotatable bonds is 1. The minimum atomic E-state index is -0.168. The number of halogens is 2. The highest BCUT2D eigenvalue weighted by molar-refractivity contribution is 9.10. The molecule has 106 valence electrons. The van der Waals surface area contributed by atoms with Gasteiger partial charge in [0.15, 0.2) is 0 Å². The first-order chi connectivity index (χ1) is 10.2. The molecule has 1 aliphatic carbocycles. The number of hydrogen-bond acceptors (Lipinski definition) is 1. The van der Waals surface area contributed by atoms with Crippen molar-refractivity contribution in [2.24, 2.45) is 5.92 Å². The molecule has 3 heteroatoms. The Morgan fingerprint density at radius 1 is 1.14 bits per heavy atom. The molecule has 1 aliphatic heterocycles. The van der Waals surface area contributed by atoms with Crippen LogP contribution >= 0.6 is 15.9 Å².